The summed E-state index contributed by atoms with van der Waals surface area (Å²) in [5.41, 5.74) is 12.6. The van der Waals surface area contributed by atoms with Crippen LogP contribution in [0.5, 0.6) is 0 Å². The fourth-order valence-corrected chi connectivity index (χ4v) is 3.16. The average Bonchev–Trinajstić information content (AvgIpc) is 2.64. The fraction of sp³-hybridized carbons (Fsp3) is 0.0667. The molecule has 2 aromatic carbocycles. The first kappa shape index (κ1) is 19.7. The van der Waals surface area contributed by atoms with Crippen LogP contribution in [0.1, 0.15) is 5.56 Å². The number of sulfonamides is 1. The minimum atomic E-state index is -3.93. The Hall–Kier alpha value is -3.67. The van der Waals surface area contributed by atoms with Crippen molar-refractivity contribution in [3.05, 3.63) is 48.0 Å². The van der Waals surface area contributed by atoms with Crippen molar-refractivity contribution in [2.75, 3.05) is 15.4 Å². The predicted molar refractivity (Wildman–Crippen MR) is 106 cm³/mol. The third-order valence-corrected chi connectivity index (χ3v) is 4.73. The van der Waals surface area contributed by atoms with Crippen LogP contribution in [-0.4, -0.2) is 20.3 Å². The van der Waals surface area contributed by atoms with Crippen LogP contribution in [0, 0.1) is 13.0 Å². The topological polar surface area (TPSA) is 199 Å². The van der Waals surface area contributed by atoms with Crippen molar-refractivity contribution in [2.24, 2.45) is 33.4 Å². The SMILES string of the molecule is Cc1ccc(S(=O)(=O)Nc2c(NC(N)=NN)c[c]cc2NC(N)=NN)cc1. The molecular formula is C15H20N9O2S. The molecular weight excluding hydrogens is 370 g/mol. The fourth-order valence-electron chi connectivity index (χ4n) is 2.06. The van der Waals surface area contributed by atoms with Gasteiger partial charge in [-0.25, -0.2) is 8.42 Å². The van der Waals surface area contributed by atoms with Gasteiger partial charge in [0, 0.05) is 0 Å². The highest BCUT2D eigenvalue weighted by atomic mass is 32.2. The van der Waals surface area contributed by atoms with Gasteiger partial charge in [0.1, 0.15) is 0 Å². The molecule has 0 aliphatic carbocycles. The number of guanidine groups is 2. The Labute approximate surface area is 156 Å². The van der Waals surface area contributed by atoms with Crippen LogP contribution >= 0.6 is 0 Å². The van der Waals surface area contributed by atoms with Gasteiger partial charge >= 0.3 is 0 Å². The summed E-state index contributed by atoms with van der Waals surface area (Å²) in [4.78, 5) is 0.0683. The highest BCUT2D eigenvalue weighted by Gasteiger charge is 2.19. The van der Waals surface area contributed by atoms with E-state index in [0.717, 1.165) is 5.56 Å². The molecule has 0 aromatic heterocycles. The third-order valence-electron chi connectivity index (χ3n) is 3.37. The number of nitrogens with zero attached hydrogens (tertiary/aromatic N) is 2. The van der Waals surface area contributed by atoms with Gasteiger partial charge in [0.2, 0.25) is 11.9 Å². The lowest BCUT2D eigenvalue weighted by atomic mass is 10.2. The molecule has 143 valence electrons. The lowest BCUT2D eigenvalue weighted by Gasteiger charge is -2.18. The minimum absolute atomic E-state index is 0.0683. The van der Waals surface area contributed by atoms with Gasteiger partial charge in [-0.05, 0) is 37.3 Å². The standard InChI is InChI=1S/C15H20N9O2S/c1-9-5-7-10(8-6-9)27(25,26)24-13-11(20-14(16)22-18)3-2-4-12(13)21-15(17)23-19/h3-8,24H,18-19H2,1H3,(H3,16,20,22)(H3,17,21,23). The Bertz CT molecular complexity index is 931. The van der Waals surface area contributed by atoms with Crippen molar-refractivity contribution < 1.29 is 8.42 Å². The van der Waals surface area contributed by atoms with Gasteiger partial charge in [0.05, 0.1) is 22.0 Å². The number of aryl methyl sites for hydroxylation is 1. The number of nitrogens with one attached hydrogen (secondary N) is 3. The molecule has 0 saturated heterocycles. The zero-order valence-corrected chi connectivity index (χ0v) is 15.2. The van der Waals surface area contributed by atoms with Crippen LogP contribution in [-0.2, 0) is 10.0 Å². The molecule has 0 unspecified atom stereocenters. The first-order chi connectivity index (χ1) is 12.8. The summed E-state index contributed by atoms with van der Waals surface area (Å²) in [7, 11) is -3.93. The number of nitrogens with two attached hydrogens (primary N) is 4. The molecule has 0 amide bonds. The second kappa shape index (κ2) is 8.14. The van der Waals surface area contributed by atoms with Crippen molar-refractivity contribution >= 4 is 39.0 Å². The molecule has 0 saturated carbocycles. The lowest BCUT2D eigenvalue weighted by molar-refractivity contribution is 0.601. The van der Waals surface area contributed by atoms with Gasteiger partial charge in [-0.3, -0.25) is 4.72 Å². The van der Waals surface area contributed by atoms with Gasteiger partial charge in [0.25, 0.3) is 10.0 Å². The Morgan fingerprint density at radius 3 is 1.89 bits per heavy atom. The molecule has 0 bridgehead atoms. The van der Waals surface area contributed by atoms with Crippen LogP contribution < -0.4 is 38.5 Å². The molecule has 11 nitrogen and oxygen atoms in total. The number of hydrazone groups is 2. The molecule has 0 aliphatic heterocycles. The van der Waals surface area contributed by atoms with Gasteiger partial charge in [-0.1, -0.05) is 17.7 Å². The van der Waals surface area contributed by atoms with Crippen molar-refractivity contribution in [1.29, 1.82) is 0 Å². The van der Waals surface area contributed by atoms with Gasteiger partial charge in [-0.15, -0.1) is 10.2 Å². The normalized spacial score (nSPS) is 12.5. The summed E-state index contributed by atoms with van der Waals surface area (Å²) >= 11 is 0. The zero-order valence-electron chi connectivity index (χ0n) is 14.4. The number of hydrogen-bond donors (Lipinski definition) is 7. The van der Waals surface area contributed by atoms with E-state index in [1.807, 2.05) is 6.92 Å². The summed E-state index contributed by atoms with van der Waals surface area (Å²) in [6.07, 6.45) is 0. The second-order valence-corrected chi connectivity index (χ2v) is 7.04. The van der Waals surface area contributed by atoms with E-state index in [0.29, 0.717) is 0 Å². The molecule has 0 heterocycles. The van der Waals surface area contributed by atoms with E-state index in [-0.39, 0.29) is 33.9 Å². The van der Waals surface area contributed by atoms with E-state index in [2.05, 4.69) is 31.6 Å². The molecule has 0 atom stereocenters. The zero-order chi connectivity index (χ0) is 20.0. The molecule has 0 spiro atoms. The van der Waals surface area contributed by atoms with E-state index in [9.17, 15) is 8.42 Å². The predicted octanol–water partition coefficient (Wildman–Crippen LogP) is -0.203. The van der Waals surface area contributed by atoms with Crippen LogP contribution in [0.25, 0.3) is 0 Å². The van der Waals surface area contributed by atoms with E-state index in [1.165, 1.54) is 24.3 Å². The average molecular weight is 390 g/mol. The molecule has 0 aliphatic rings. The Morgan fingerprint density at radius 1 is 0.963 bits per heavy atom. The molecule has 27 heavy (non-hydrogen) atoms. The second-order valence-electron chi connectivity index (χ2n) is 5.35. The minimum Gasteiger partial charge on any atom is -0.368 e. The lowest BCUT2D eigenvalue weighted by Crippen LogP contribution is -2.27. The maximum absolute atomic E-state index is 12.8. The number of hydrogen-bond acceptors (Lipinski definition) is 6. The monoisotopic (exact) mass is 390 g/mol. The summed E-state index contributed by atoms with van der Waals surface area (Å²) in [5, 5.41) is 11.9. The quantitative estimate of drug-likeness (QED) is 0.157. The van der Waals surface area contributed by atoms with Crippen LogP contribution in [0.2, 0.25) is 0 Å². The van der Waals surface area contributed by atoms with Crippen molar-refractivity contribution in [1.82, 2.24) is 0 Å². The van der Waals surface area contributed by atoms with Gasteiger partial charge < -0.3 is 33.8 Å². The third kappa shape index (κ3) is 4.92. The first-order valence-corrected chi connectivity index (χ1v) is 8.99. The molecule has 11 N–H and O–H groups in total. The van der Waals surface area contributed by atoms with E-state index in [1.54, 1.807) is 12.1 Å². The highest BCUT2D eigenvalue weighted by molar-refractivity contribution is 7.92. The van der Waals surface area contributed by atoms with Gasteiger partial charge in [-0.2, -0.15) is 0 Å². The number of rotatable bonds is 5. The molecule has 2 rings (SSSR count). The summed E-state index contributed by atoms with van der Waals surface area (Å²) < 4.78 is 28.0. The van der Waals surface area contributed by atoms with E-state index < -0.39 is 10.0 Å². The Morgan fingerprint density at radius 2 is 1.44 bits per heavy atom. The Kier molecular flexibility index (Phi) is 5.92. The molecule has 0 fully saturated rings. The Balaban J connectivity index is 2.52. The highest BCUT2D eigenvalue weighted by Crippen LogP contribution is 2.32. The van der Waals surface area contributed by atoms with Crippen LogP contribution in [0.3, 0.4) is 0 Å². The number of anilines is 3. The largest absolute Gasteiger partial charge is 0.368 e. The van der Waals surface area contributed by atoms with Gasteiger partial charge in [0.15, 0.2) is 0 Å². The van der Waals surface area contributed by atoms with E-state index in [4.69, 9.17) is 23.2 Å². The van der Waals surface area contributed by atoms with Crippen LogP contribution in [0.4, 0.5) is 17.1 Å². The summed E-state index contributed by atoms with van der Waals surface area (Å²) in [5.74, 6) is 9.96. The molecule has 12 heteroatoms. The van der Waals surface area contributed by atoms with Crippen LogP contribution in [0.15, 0.2) is 51.5 Å². The molecule has 2 aromatic rings. The number of benzene rings is 2. The van der Waals surface area contributed by atoms with E-state index >= 15 is 0 Å². The first-order valence-electron chi connectivity index (χ1n) is 7.51. The van der Waals surface area contributed by atoms with Crippen molar-refractivity contribution in [2.45, 2.75) is 11.8 Å². The summed E-state index contributed by atoms with van der Waals surface area (Å²) in [6.45, 7) is 1.85. The van der Waals surface area contributed by atoms with Crippen molar-refractivity contribution in [3.8, 4) is 0 Å². The summed E-state index contributed by atoms with van der Waals surface area (Å²) in [6, 6.07) is 12.0. The smallest absolute Gasteiger partial charge is 0.262 e. The molecule has 1 radical (unpaired) electrons. The van der Waals surface area contributed by atoms with Crippen molar-refractivity contribution in [3.63, 3.8) is 0 Å². The maximum atomic E-state index is 12.8. The maximum Gasteiger partial charge on any atom is 0.262 e.